The molecule has 2 aromatic carbocycles. The summed E-state index contributed by atoms with van der Waals surface area (Å²) in [5, 5.41) is 19.5. The van der Waals surface area contributed by atoms with Crippen LogP contribution >= 0.6 is 0 Å². The lowest BCUT2D eigenvalue weighted by Gasteiger charge is -2.57. The predicted molar refractivity (Wildman–Crippen MR) is 231 cm³/mol. The number of carbonyl (C=O) groups excluding carboxylic acids is 2. The topological polar surface area (TPSA) is 122 Å². The van der Waals surface area contributed by atoms with Crippen molar-refractivity contribution >= 4 is 23.8 Å². The van der Waals surface area contributed by atoms with Crippen LogP contribution in [0.5, 0.6) is 0 Å². The highest BCUT2D eigenvalue weighted by atomic mass is 16.4. The van der Waals surface area contributed by atoms with E-state index in [4.69, 9.17) is 0 Å². The largest absolute Gasteiger partial charge is 0.474 e. The molecule has 322 valence electrons. The molecule has 0 aliphatic carbocycles. The minimum absolute atomic E-state index is 0.133. The van der Waals surface area contributed by atoms with Crippen molar-refractivity contribution < 1.29 is 29.4 Å². The van der Waals surface area contributed by atoms with Gasteiger partial charge >= 0.3 is 23.8 Å². The highest BCUT2D eigenvalue weighted by molar-refractivity contribution is 6.31. The Morgan fingerprint density at radius 1 is 0.483 bits per heavy atom. The van der Waals surface area contributed by atoms with E-state index in [1.54, 1.807) is 9.80 Å². The maximum atomic E-state index is 13.0. The smallest absolute Gasteiger partial charge is 0.394 e. The first-order valence-corrected chi connectivity index (χ1v) is 22.0. The quantitative estimate of drug-likeness (QED) is 0.107. The van der Waals surface area contributed by atoms with Gasteiger partial charge < -0.3 is 20.0 Å². The zero-order chi connectivity index (χ0) is 42.7. The SMILES string of the molecule is CC1(C)CC(N(CCCCCCCCCCCCN(C(=O)C(=O)O)C2CC(C)(C)N(Cc3ccccc3)C(C)(C)C2)C(=O)C(=O)O)CC(C)(C)N1Cc1ccccc1. The van der Waals surface area contributed by atoms with Crippen LogP contribution in [-0.2, 0) is 32.3 Å². The molecule has 0 bridgehead atoms. The van der Waals surface area contributed by atoms with E-state index < -0.39 is 23.8 Å². The van der Waals surface area contributed by atoms with Gasteiger partial charge in [0, 0.05) is 60.4 Å². The molecule has 2 amide bonds. The van der Waals surface area contributed by atoms with Gasteiger partial charge in [0.2, 0.25) is 0 Å². The number of carboxylic acid groups (broad SMARTS) is 2. The molecular formula is C48H74N4O6. The van der Waals surface area contributed by atoms with E-state index in [1.165, 1.54) is 11.1 Å². The van der Waals surface area contributed by atoms with Crippen LogP contribution in [0.25, 0.3) is 0 Å². The fourth-order valence-electron chi connectivity index (χ4n) is 10.5. The van der Waals surface area contributed by atoms with Crippen LogP contribution in [0.3, 0.4) is 0 Å². The molecule has 2 aliphatic rings. The third kappa shape index (κ3) is 12.9. The van der Waals surface area contributed by atoms with Crippen molar-refractivity contribution in [2.75, 3.05) is 13.1 Å². The molecule has 10 nitrogen and oxygen atoms in total. The first-order chi connectivity index (χ1) is 27.2. The highest BCUT2D eigenvalue weighted by Gasteiger charge is 2.49. The minimum atomic E-state index is -1.38. The summed E-state index contributed by atoms with van der Waals surface area (Å²) in [6.45, 7) is 20.2. The van der Waals surface area contributed by atoms with E-state index in [2.05, 4.69) is 114 Å². The third-order valence-corrected chi connectivity index (χ3v) is 13.0. The summed E-state index contributed by atoms with van der Waals surface area (Å²) >= 11 is 0. The van der Waals surface area contributed by atoms with Crippen molar-refractivity contribution in [3.05, 3.63) is 71.8 Å². The molecule has 0 radical (unpaired) electrons. The van der Waals surface area contributed by atoms with Gasteiger partial charge in [-0.25, -0.2) is 9.59 Å². The zero-order valence-electron chi connectivity index (χ0n) is 37.0. The number of carbonyl (C=O) groups is 4. The number of hydrogen-bond acceptors (Lipinski definition) is 6. The molecular weight excluding hydrogens is 729 g/mol. The number of likely N-dealkylation sites (tertiary alicyclic amines) is 2. The third-order valence-electron chi connectivity index (χ3n) is 13.0. The molecule has 0 saturated carbocycles. The Morgan fingerprint density at radius 2 is 0.741 bits per heavy atom. The summed E-state index contributed by atoms with van der Waals surface area (Å²) in [5.41, 5.74) is 1.61. The number of amides is 2. The van der Waals surface area contributed by atoms with Gasteiger partial charge in [-0.2, -0.15) is 0 Å². The van der Waals surface area contributed by atoms with Gasteiger partial charge in [0.1, 0.15) is 0 Å². The van der Waals surface area contributed by atoms with Crippen LogP contribution in [0, 0.1) is 0 Å². The standard InChI is InChI=1S/C48H74N4O6/c1-45(2)31-39(32-46(3,4)51(45)35-37-25-19-17-20-26-37)49(41(53)43(55)56)29-23-15-13-11-9-10-12-14-16-24-30-50(42(54)44(57)58)40-33-47(5,6)52(48(7,8)34-40)36-38-27-21-18-22-28-38/h17-22,25-28,39-40H,9-16,23-24,29-36H2,1-8H3,(H,55,56)(H,57,58). The van der Waals surface area contributed by atoms with Crippen LogP contribution in [0.4, 0.5) is 0 Å². The lowest BCUT2D eigenvalue weighted by Crippen LogP contribution is -2.64. The summed E-state index contributed by atoms with van der Waals surface area (Å²) < 4.78 is 0. The summed E-state index contributed by atoms with van der Waals surface area (Å²) in [6, 6.07) is 20.6. The molecule has 0 spiro atoms. The molecule has 0 atom stereocenters. The highest BCUT2D eigenvalue weighted by Crippen LogP contribution is 2.43. The van der Waals surface area contributed by atoms with Gasteiger partial charge in [-0.3, -0.25) is 19.4 Å². The molecule has 58 heavy (non-hydrogen) atoms. The summed E-state index contributed by atoms with van der Waals surface area (Å²) in [4.78, 5) is 58.2. The Bertz CT molecular complexity index is 1480. The summed E-state index contributed by atoms with van der Waals surface area (Å²) in [6.07, 6.45) is 12.9. The van der Waals surface area contributed by atoms with Gasteiger partial charge in [-0.1, -0.05) is 112 Å². The monoisotopic (exact) mass is 803 g/mol. The minimum Gasteiger partial charge on any atom is -0.474 e. The molecule has 2 aromatic rings. The van der Waals surface area contributed by atoms with E-state index >= 15 is 0 Å². The molecule has 0 aromatic heterocycles. The van der Waals surface area contributed by atoms with E-state index in [9.17, 15) is 29.4 Å². The predicted octanol–water partition coefficient (Wildman–Crippen LogP) is 9.16. The van der Waals surface area contributed by atoms with Gasteiger partial charge in [0.25, 0.3) is 0 Å². The molecule has 2 aliphatic heterocycles. The second kappa shape index (κ2) is 20.5. The van der Waals surface area contributed by atoms with Crippen molar-refractivity contribution in [2.24, 2.45) is 0 Å². The van der Waals surface area contributed by atoms with Crippen LogP contribution in [-0.4, -0.2) is 101 Å². The van der Waals surface area contributed by atoms with Crippen LogP contribution in [0.2, 0.25) is 0 Å². The number of benzene rings is 2. The van der Waals surface area contributed by atoms with Gasteiger partial charge in [-0.05, 0) is 105 Å². The number of unbranched alkanes of at least 4 members (excludes halogenated alkanes) is 9. The Morgan fingerprint density at radius 3 is 1.00 bits per heavy atom. The van der Waals surface area contributed by atoms with Gasteiger partial charge in [-0.15, -0.1) is 0 Å². The Labute approximate surface area is 349 Å². The van der Waals surface area contributed by atoms with Crippen molar-refractivity contribution in [1.29, 1.82) is 0 Å². The number of rotatable bonds is 19. The average Bonchev–Trinajstić information content (AvgIpc) is 3.14. The summed E-state index contributed by atoms with van der Waals surface area (Å²) in [7, 11) is 0. The number of carboxylic acids is 2. The van der Waals surface area contributed by atoms with Crippen LogP contribution in [0.1, 0.15) is 156 Å². The lowest BCUT2D eigenvalue weighted by molar-refractivity contribution is -0.160. The average molecular weight is 803 g/mol. The molecule has 4 rings (SSSR count). The number of hydrogen-bond donors (Lipinski definition) is 2. The maximum absolute atomic E-state index is 13.0. The first kappa shape index (κ1) is 46.9. The molecule has 2 N–H and O–H groups in total. The number of aliphatic carboxylic acids is 2. The number of piperidine rings is 2. The van der Waals surface area contributed by atoms with Gasteiger partial charge in [0.05, 0.1) is 0 Å². The molecule has 2 fully saturated rings. The lowest BCUT2D eigenvalue weighted by atomic mass is 9.76. The zero-order valence-corrected chi connectivity index (χ0v) is 37.0. The van der Waals surface area contributed by atoms with Crippen molar-refractivity contribution in [1.82, 2.24) is 19.6 Å². The van der Waals surface area contributed by atoms with Gasteiger partial charge in [0.15, 0.2) is 0 Å². The molecule has 10 heteroatoms. The van der Waals surface area contributed by atoms with E-state index in [0.29, 0.717) is 13.1 Å². The number of nitrogens with zero attached hydrogens (tertiary/aromatic N) is 4. The van der Waals surface area contributed by atoms with Crippen molar-refractivity contribution in [3.63, 3.8) is 0 Å². The molecule has 2 saturated heterocycles. The van der Waals surface area contributed by atoms with Crippen molar-refractivity contribution in [3.8, 4) is 0 Å². The van der Waals surface area contributed by atoms with E-state index in [0.717, 1.165) is 103 Å². The van der Waals surface area contributed by atoms with E-state index in [1.807, 2.05) is 12.1 Å². The van der Waals surface area contributed by atoms with Crippen LogP contribution in [0.15, 0.2) is 60.7 Å². The fraction of sp³-hybridized carbons (Fsp3) is 0.667. The fourth-order valence-corrected chi connectivity index (χ4v) is 10.5. The Hall–Kier alpha value is -3.76. The molecule has 2 heterocycles. The second-order valence-corrected chi connectivity index (χ2v) is 19.7. The maximum Gasteiger partial charge on any atom is 0.394 e. The van der Waals surface area contributed by atoms with Crippen LogP contribution < -0.4 is 0 Å². The molecule has 0 unspecified atom stereocenters. The van der Waals surface area contributed by atoms with Crippen molar-refractivity contribution in [2.45, 2.75) is 193 Å². The summed E-state index contributed by atoms with van der Waals surface area (Å²) in [5.74, 6) is -4.34. The van der Waals surface area contributed by atoms with E-state index in [-0.39, 0.29) is 34.2 Å². The Balaban J connectivity index is 1.17. The second-order valence-electron chi connectivity index (χ2n) is 19.7. The first-order valence-electron chi connectivity index (χ1n) is 22.0. The Kier molecular flexibility index (Phi) is 16.6. The normalized spacial score (nSPS) is 19.4.